The van der Waals surface area contributed by atoms with Gasteiger partial charge in [-0.2, -0.15) is 0 Å². The van der Waals surface area contributed by atoms with Crippen LogP contribution in [0.1, 0.15) is 284 Å². The number of unbranched alkanes of at least 4 members (excludes halogenated alkanes) is 31. The first kappa shape index (κ1) is 60.1. The van der Waals surface area contributed by atoms with E-state index in [4.69, 9.17) is 4.74 Å². The zero-order valence-electron chi connectivity index (χ0n) is 41.5. The van der Waals surface area contributed by atoms with Crippen LogP contribution in [0.5, 0.6) is 0 Å². The maximum Gasteiger partial charge on any atom is 0.306 e. The summed E-state index contributed by atoms with van der Waals surface area (Å²) in [5.74, 6) is -0.481. The molecule has 62 heavy (non-hydrogen) atoms. The predicted molar refractivity (Wildman–Crippen MR) is 269 cm³/mol. The molecule has 0 aromatic heterocycles. The topological polar surface area (TPSA) is 95.9 Å². The number of ether oxygens (including phenoxy) is 1. The van der Waals surface area contributed by atoms with Crippen LogP contribution >= 0.6 is 0 Å². The monoisotopic (exact) mass is 872 g/mol. The molecule has 0 aliphatic heterocycles. The Morgan fingerprint density at radius 2 is 0.823 bits per heavy atom. The van der Waals surface area contributed by atoms with Gasteiger partial charge in [-0.15, -0.1) is 0 Å². The minimum Gasteiger partial charge on any atom is -0.462 e. The smallest absolute Gasteiger partial charge is 0.306 e. The molecule has 0 saturated carbocycles. The van der Waals surface area contributed by atoms with Crippen molar-refractivity contribution in [3.05, 3.63) is 36.5 Å². The summed E-state index contributed by atoms with van der Waals surface area (Å²) in [5, 5.41) is 23.8. The van der Waals surface area contributed by atoms with Crippen molar-refractivity contribution in [1.29, 1.82) is 0 Å². The number of aliphatic hydroxyl groups is 2. The van der Waals surface area contributed by atoms with Gasteiger partial charge in [0.1, 0.15) is 6.10 Å². The normalized spacial score (nSPS) is 13.4. The minimum atomic E-state index is -0.789. The molecule has 0 aliphatic carbocycles. The van der Waals surface area contributed by atoms with E-state index in [9.17, 15) is 19.8 Å². The lowest BCUT2D eigenvalue weighted by molar-refractivity contribution is -0.151. The average molecular weight is 872 g/mol. The molecule has 364 valence electrons. The fourth-order valence-electron chi connectivity index (χ4n) is 8.28. The summed E-state index contributed by atoms with van der Waals surface area (Å²) in [6, 6.07) is -0.703. The first-order valence-electron chi connectivity index (χ1n) is 27.2. The molecular formula is C56H105NO5. The van der Waals surface area contributed by atoms with Crippen LogP contribution < -0.4 is 5.32 Å². The molecule has 3 atom stereocenters. The average Bonchev–Trinajstić information content (AvgIpc) is 3.26. The fraction of sp³-hybridized carbons (Fsp3) is 0.857. The quantitative estimate of drug-likeness (QED) is 0.0321. The predicted octanol–water partition coefficient (Wildman–Crippen LogP) is 16.5. The Hall–Kier alpha value is -1.92. The van der Waals surface area contributed by atoms with Gasteiger partial charge >= 0.3 is 5.97 Å². The Balaban J connectivity index is 4.58. The number of nitrogens with one attached hydrogen (secondary N) is 1. The summed E-state index contributed by atoms with van der Waals surface area (Å²) < 4.78 is 5.94. The Kier molecular flexibility index (Phi) is 48.5. The standard InChI is InChI=1S/C56H105NO5/c1-4-7-10-13-16-19-22-24-26-28-29-31-33-35-38-41-44-47-52(50-55(60)57-53(51-58)54(59)48-45-42-39-36-21-18-15-12-9-6-3)62-56(61)49-46-43-40-37-34-32-30-27-25-23-20-17-14-11-8-5-2/h16,19,24,26-27,30,52-54,58-59H,4-15,17-18,20-23,25,28-29,31-51H2,1-3H3,(H,57,60)/b19-16-,26-24-,30-27+. The Morgan fingerprint density at radius 3 is 1.27 bits per heavy atom. The number of carbonyl (C=O) groups excluding carboxylic acids is 2. The van der Waals surface area contributed by atoms with Crippen molar-refractivity contribution in [2.75, 3.05) is 6.61 Å². The Morgan fingerprint density at radius 1 is 0.468 bits per heavy atom. The van der Waals surface area contributed by atoms with Gasteiger partial charge in [0, 0.05) is 6.42 Å². The lowest BCUT2D eigenvalue weighted by atomic mass is 10.0. The third kappa shape index (κ3) is 44.7. The number of hydrogen-bond acceptors (Lipinski definition) is 5. The Labute approximate surface area is 385 Å². The summed E-state index contributed by atoms with van der Waals surface area (Å²) in [5.41, 5.74) is 0. The van der Waals surface area contributed by atoms with Gasteiger partial charge < -0.3 is 20.3 Å². The summed E-state index contributed by atoms with van der Waals surface area (Å²) in [4.78, 5) is 26.2. The number of aliphatic hydroxyl groups excluding tert-OH is 2. The van der Waals surface area contributed by atoms with Crippen molar-refractivity contribution in [1.82, 2.24) is 5.32 Å². The largest absolute Gasteiger partial charge is 0.462 e. The minimum absolute atomic E-state index is 0.0713. The number of amides is 1. The molecule has 6 heteroatoms. The van der Waals surface area contributed by atoms with E-state index in [2.05, 4.69) is 62.5 Å². The maximum atomic E-state index is 13.2. The third-order valence-electron chi connectivity index (χ3n) is 12.4. The summed E-state index contributed by atoms with van der Waals surface area (Å²) in [6.07, 6.45) is 59.2. The number of esters is 1. The first-order valence-corrected chi connectivity index (χ1v) is 27.2. The summed E-state index contributed by atoms with van der Waals surface area (Å²) in [7, 11) is 0. The lowest BCUT2D eigenvalue weighted by Gasteiger charge is -2.24. The molecule has 1 amide bonds. The van der Waals surface area contributed by atoms with E-state index < -0.39 is 18.2 Å². The van der Waals surface area contributed by atoms with E-state index in [1.54, 1.807) is 0 Å². The van der Waals surface area contributed by atoms with E-state index in [0.717, 1.165) is 77.0 Å². The third-order valence-corrected chi connectivity index (χ3v) is 12.4. The van der Waals surface area contributed by atoms with Crippen LogP contribution in [0.4, 0.5) is 0 Å². The van der Waals surface area contributed by atoms with Gasteiger partial charge in [-0.3, -0.25) is 9.59 Å². The molecule has 0 spiro atoms. The van der Waals surface area contributed by atoms with Gasteiger partial charge in [-0.1, -0.05) is 224 Å². The number of allylic oxidation sites excluding steroid dienone is 6. The SMILES string of the molecule is CCCCC/C=C\C/C=C\CCCCCCCCCC(CC(=O)NC(CO)C(O)CCCCCCCCCCCC)OC(=O)CCCCCCC/C=C/CCCCCCCCC. The van der Waals surface area contributed by atoms with Crippen molar-refractivity contribution in [3.63, 3.8) is 0 Å². The highest BCUT2D eigenvalue weighted by atomic mass is 16.5. The highest BCUT2D eigenvalue weighted by Crippen LogP contribution is 2.18. The van der Waals surface area contributed by atoms with Crippen LogP contribution in [0, 0.1) is 0 Å². The highest BCUT2D eigenvalue weighted by Gasteiger charge is 2.24. The molecule has 0 rings (SSSR count). The summed E-state index contributed by atoms with van der Waals surface area (Å²) in [6.45, 7) is 6.46. The number of carbonyl (C=O) groups is 2. The van der Waals surface area contributed by atoms with Crippen molar-refractivity contribution in [2.45, 2.75) is 302 Å². The van der Waals surface area contributed by atoms with Crippen LogP contribution in [0.3, 0.4) is 0 Å². The molecule has 6 nitrogen and oxygen atoms in total. The number of hydrogen-bond donors (Lipinski definition) is 3. The zero-order chi connectivity index (χ0) is 45.2. The van der Waals surface area contributed by atoms with Gasteiger partial charge in [-0.25, -0.2) is 0 Å². The van der Waals surface area contributed by atoms with Crippen LogP contribution in [0.25, 0.3) is 0 Å². The summed E-state index contributed by atoms with van der Waals surface area (Å²) >= 11 is 0. The molecule has 0 heterocycles. The fourth-order valence-corrected chi connectivity index (χ4v) is 8.28. The highest BCUT2D eigenvalue weighted by molar-refractivity contribution is 5.77. The first-order chi connectivity index (χ1) is 30.5. The zero-order valence-corrected chi connectivity index (χ0v) is 41.5. The van der Waals surface area contributed by atoms with E-state index >= 15 is 0 Å². The molecule has 0 aliphatic rings. The van der Waals surface area contributed by atoms with Gasteiger partial charge in [0.15, 0.2) is 0 Å². The molecule has 3 unspecified atom stereocenters. The molecule has 3 N–H and O–H groups in total. The molecule has 0 fully saturated rings. The van der Waals surface area contributed by atoms with Gasteiger partial charge in [0.2, 0.25) is 5.91 Å². The lowest BCUT2D eigenvalue weighted by Crippen LogP contribution is -2.46. The van der Waals surface area contributed by atoms with Crippen molar-refractivity contribution < 1.29 is 24.5 Å². The van der Waals surface area contributed by atoms with Crippen LogP contribution in [-0.4, -0.2) is 46.9 Å². The van der Waals surface area contributed by atoms with Crippen molar-refractivity contribution in [2.24, 2.45) is 0 Å². The molecular weight excluding hydrogens is 767 g/mol. The van der Waals surface area contributed by atoms with Gasteiger partial charge in [0.25, 0.3) is 0 Å². The molecule has 0 saturated heterocycles. The van der Waals surface area contributed by atoms with E-state index in [0.29, 0.717) is 19.3 Å². The second-order valence-electron chi connectivity index (χ2n) is 18.6. The number of rotatable bonds is 49. The van der Waals surface area contributed by atoms with Crippen LogP contribution in [-0.2, 0) is 14.3 Å². The van der Waals surface area contributed by atoms with Crippen LogP contribution in [0.2, 0.25) is 0 Å². The van der Waals surface area contributed by atoms with Crippen molar-refractivity contribution >= 4 is 11.9 Å². The Bertz CT molecular complexity index is 1020. The van der Waals surface area contributed by atoms with Crippen LogP contribution in [0.15, 0.2) is 36.5 Å². The van der Waals surface area contributed by atoms with E-state index in [1.165, 1.54) is 161 Å². The second-order valence-corrected chi connectivity index (χ2v) is 18.6. The molecule has 0 aromatic rings. The van der Waals surface area contributed by atoms with E-state index in [1.807, 2.05) is 0 Å². The maximum absolute atomic E-state index is 13.2. The van der Waals surface area contributed by atoms with Gasteiger partial charge in [0.05, 0.1) is 25.2 Å². The molecule has 0 radical (unpaired) electrons. The second kappa shape index (κ2) is 50.1. The van der Waals surface area contributed by atoms with Gasteiger partial charge in [-0.05, 0) is 83.5 Å². The molecule has 0 bridgehead atoms. The van der Waals surface area contributed by atoms with Crippen molar-refractivity contribution in [3.8, 4) is 0 Å². The molecule has 0 aromatic carbocycles. The van der Waals surface area contributed by atoms with E-state index in [-0.39, 0.29) is 24.9 Å².